The van der Waals surface area contributed by atoms with Gasteiger partial charge >= 0.3 is 0 Å². The maximum atomic E-state index is 12.3. The molecule has 1 aromatic carbocycles. The van der Waals surface area contributed by atoms with E-state index in [-0.39, 0.29) is 17.9 Å². The molecule has 1 aliphatic rings. The van der Waals surface area contributed by atoms with Crippen LogP contribution in [0, 0.1) is 0 Å². The van der Waals surface area contributed by atoms with Crippen molar-refractivity contribution in [3.8, 4) is 10.6 Å². The van der Waals surface area contributed by atoms with Gasteiger partial charge in [0.2, 0.25) is 11.8 Å². The van der Waals surface area contributed by atoms with Gasteiger partial charge in [0.25, 0.3) is 0 Å². The summed E-state index contributed by atoms with van der Waals surface area (Å²) >= 11 is 1.56. The molecule has 6 nitrogen and oxygen atoms in total. The minimum Gasteiger partial charge on any atom is -0.369 e. The third-order valence-electron chi connectivity index (χ3n) is 4.25. The highest BCUT2D eigenvalue weighted by Crippen LogP contribution is 2.23. The molecule has 2 heterocycles. The minimum atomic E-state index is -0.305. The van der Waals surface area contributed by atoms with Crippen molar-refractivity contribution in [3.05, 3.63) is 41.4 Å². The number of benzene rings is 1. The molecule has 1 saturated heterocycles. The van der Waals surface area contributed by atoms with Gasteiger partial charge in [-0.2, -0.15) is 0 Å². The first kappa shape index (κ1) is 17.6. The van der Waals surface area contributed by atoms with Gasteiger partial charge in [0.05, 0.1) is 18.7 Å². The lowest BCUT2D eigenvalue weighted by Gasteiger charge is -2.31. The molecule has 1 aliphatic heterocycles. The summed E-state index contributed by atoms with van der Waals surface area (Å²) in [6, 6.07) is 10.1. The predicted molar refractivity (Wildman–Crippen MR) is 98.1 cm³/mol. The van der Waals surface area contributed by atoms with Crippen LogP contribution in [0.2, 0.25) is 0 Å². The normalized spacial score (nSPS) is 15.8. The van der Waals surface area contributed by atoms with E-state index in [2.05, 4.69) is 10.3 Å². The molecule has 0 aliphatic carbocycles. The van der Waals surface area contributed by atoms with Crippen molar-refractivity contribution in [1.29, 1.82) is 0 Å². The molecule has 7 heteroatoms. The van der Waals surface area contributed by atoms with E-state index in [0.29, 0.717) is 13.0 Å². The summed E-state index contributed by atoms with van der Waals surface area (Å²) in [6.45, 7) is 1.85. The van der Waals surface area contributed by atoms with Crippen LogP contribution in [0.25, 0.3) is 10.6 Å². The second kappa shape index (κ2) is 8.22. The molecular formula is C18H22N4O2S. The molecule has 0 bridgehead atoms. The molecule has 1 fully saturated rings. The van der Waals surface area contributed by atoms with E-state index in [1.165, 1.54) is 0 Å². The van der Waals surface area contributed by atoms with E-state index in [9.17, 15) is 9.59 Å². The van der Waals surface area contributed by atoms with Crippen molar-refractivity contribution in [1.82, 2.24) is 15.2 Å². The first-order chi connectivity index (χ1) is 12.1. The van der Waals surface area contributed by atoms with E-state index < -0.39 is 0 Å². The molecule has 2 aromatic rings. The monoisotopic (exact) mass is 358 g/mol. The SMILES string of the molecule is NC(=O)CN1CCC(NC(=O)Cc2csc(-c3ccccc3)n2)CC1. The second-order valence-electron chi connectivity index (χ2n) is 6.27. The van der Waals surface area contributed by atoms with Crippen molar-refractivity contribution in [2.75, 3.05) is 19.6 Å². The van der Waals surface area contributed by atoms with E-state index in [0.717, 1.165) is 42.2 Å². The highest BCUT2D eigenvalue weighted by atomic mass is 32.1. The lowest BCUT2D eigenvalue weighted by Crippen LogP contribution is -2.47. The molecule has 0 spiro atoms. The molecule has 2 amide bonds. The van der Waals surface area contributed by atoms with E-state index in [1.807, 2.05) is 40.6 Å². The third-order valence-corrected chi connectivity index (χ3v) is 5.19. The molecular weight excluding hydrogens is 336 g/mol. The number of nitrogens with two attached hydrogens (primary N) is 1. The maximum absolute atomic E-state index is 12.3. The average Bonchev–Trinajstić information content (AvgIpc) is 3.05. The van der Waals surface area contributed by atoms with Crippen LogP contribution in [0.5, 0.6) is 0 Å². The number of aromatic nitrogens is 1. The van der Waals surface area contributed by atoms with Crippen LogP contribution in [0.1, 0.15) is 18.5 Å². The summed E-state index contributed by atoms with van der Waals surface area (Å²) in [7, 11) is 0. The second-order valence-corrected chi connectivity index (χ2v) is 7.13. The Labute approximate surface area is 151 Å². The van der Waals surface area contributed by atoms with E-state index in [4.69, 9.17) is 5.73 Å². The Morgan fingerprint density at radius 2 is 1.96 bits per heavy atom. The van der Waals surface area contributed by atoms with Crippen LogP contribution in [-0.2, 0) is 16.0 Å². The Balaban J connectivity index is 1.47. The minimum absolute atomic E-state index is 0.00161. The number of carbonyl (C=O) groups excluding carboxylic acids is 2. The Morgan fingerprint density at radius 1 is 1.24 bits per heavy atom. The number of carbonyl (C=O) groups is 2. The van der Waals surface area contributed by atoms with Gasteiger partial charge in [0.15, 0.2) is 0 Å². The third kappa shape index (κ3) is 5.11. The van der Waals surface area contributed by atoms with Gasteiger partial charge in [-0.05, 0) is 12.8 Å². The Morgan fingerprint density at radius 3 is 2.64 bits per heavy atom. The number of amides is 2. The summed E-state index contributed by atoms with van der Waals surface area (Å²) in [5.41, 5.74) is 7.08. The number of hydrogen-bond acceptors (Lipinski definition) is 5. The van der Waals surface area contributed by atoms with Gasteiger partial charge in [-0.3, -0.25) is 14.5 Å². The Bertz CT molecular complexity index is 724. The summed E-state index contributed by atoms with van der Waals surface area (Å²) in [4.78, 5) is 29.8. The highest BCUT2D eigenvalue weighted by Gasteiger charge is 2.21. The molecule has 25 heavy (non-hydrogen) atoms. The molecule has 0 unspecified atom stereocenters. The number of nitrogens with zero attached hydrogens (tertiary/aromatic N) is 2. The van der Waals surface area contributed by atoms with Crippen molar-refractivity contribution >= 4 is 23.2 Å². The summed E-state index contributed by atoms with van der Waals surface area (Å²) in [6.07, 6.45) is 1.97. The summed E-state index contributed by atoms with van der Waals surface area (Å²) in [5, 5.41) is 5.95. The van der Waals surface area contributed by atoms with Crippen LogP contribution >= 0.6 is 11.3 Å². The largest absolute Gasteiger partial charge is 0.369 e. The van der Waals surface area contributed by atoms with Gasteiger partial charge in [-0.15, -0.1) is 11.3 Å². The topological polar surface area (TPSA) is 88.3 Å². The number of hydrogen-bond donors (Lipinski definition) is 2. The van der Waals surface area contributed by atoms with Crippen LogP contribution in [0.4, 0.5) is 0 Å². The van der Waals surface area contributed by atoms with Crippen LogP contribution < -0.4 is 11.1 Å². The van der Waals surface area contributed by atoms with Crippen molar-refractivity contribution in [2.24, 2.45) is 5.73 Å². The van der Waals surface area contributed by atoms with Gasteiger partial charge in [-0.25, -0.2) is 4.98 Å². The van der Waals surface area contributed by atoms with Crippen molar-refractivity contribution in [3.63, 3.8) is 0 Å². The van der Waals surface area contributed by atoms with Gasteiger partial charge in [0.1, 0.15) is 5.01 Å². The van der Waals surface area contributed by atoms with Crippen molar-refractivity contribution in [2.45, 2.75) is 25.3 Å². The zero-order chi connectivity index (χ0) is 17.6. The summed E-state index contributed by atoms with van der Waals surface area (Å²) < 4.78 is 0. The first-order valence-corrected chi connectivity index (χ1v) is 9.28. The fraction of sp³-hybridized carbons (Fsp3) is 0.389. The van der Waals surface area contributed by atoms with E-state index >= 15 is 0 Å². The predicted octanol–water partition coefficient (Wildman–Crippen LogP) is 1.42. The van der Waals surface area contributed by atoms with E-state index in [1.54, 1.807) is 11.3 Å². The van der Waals surface area contributed by atoms with Crippen LogP contribution in [-0.4, -0.2) is 47.4 Å². The number of primary amides is 1. The number of rotatable bonds is 6. The van der Waals surface area contributed by atoms with Crippen LogP contribution in [0.3, 0.4) is 0 Å². The molecule has 3 rings (SSSR count). The van der Waals surface area contributed by atoms with Gasteiger partial charge < -0.3 is 11.1 Å². The fourth-order valence-corrected chi connectivity index (χ4v) is 3.83. The molecule has 132 valence electrons. The Hall–Kier alpha value is -2.25. The number of nitrogens with one attached hydrogen (secondary N) is 1. The van der Waals surface area contributed by atoms with Crippen molar-refractivity contribution < 1.29 is 9.59 Å². The lowest BCUT2D eigenvalue weighted by molar-refractivity contribution is -0.122. The molecule has 0 saturated carbocycles. The van der Waals surface area contributed by atoms with Gasteiger partial charge in [0, 0.05) is 30.1 Å². The van der Waals surface area contributed by atoms with Crippen LogP contribution in [0.15, 0.2) is 35.7 Å². The maximum Gasteiger partial charge on any atom is 0.231 e. The van der Waals surface area contributed by atoms with Gasteiger partial charge in [-0.1, -0.05) is 30.3 Å². The number of piperidine rings is 1. The highest BCUT2D eigenvalue weighted by molar-refractivity contribution is 7.13. The molecule has 0 atom stereocenters. The first-order valence-electron chi connectivity index (χ1n) is 8.40. The summed E-state index contributed by atoms with van der Waals surface area (Å²) in [5.74, 6) is -0.307. The molecule has 1 aromatic heterocycles. The average molecular weight is 358 g/mol. The zero-order valence-electron chi connectivity index (χ0n) is 14.0. The fourth-order valence-electron chi connectivity index (χ4n) is 3.00. The lowest BCUT2D eigenvalue weighted by atomic mass is 10.0. The number of thiazole rings is 1. The number of likely N-dealkylation sites (tertiary alicyclic amines) is 1. The smallest absolute Gasteiger partial charge is 0.231 e. The standard InChI is InChI=1S/C18H22N4O2S/c19-16(23)11-22-8-6-14(7-9-22)20-17(24)10-15-12-25-18(21-15)13-4-2-1-3-5-13/h1-5,12,14H,6-11H2,(H2,19,23)(H,20,24). The Kier molecular flexibility index (Phi) is 5.78. The zero-order valence-corrected chi connectivity index (χ0v) is 14.8. The molecule has 0 radical (unpaired) electrons. The molecule has 3 N–H and O–H groups in total. The quantitative estimate of drug-likeness (QED) is 0.817.